The number of hydrogen-bond acceptors (Lipinski definition) is 6. The third kappa shape index (κ3) is 3.86. The molecular formula is C19H21N5O2. The molecule has 1 aromatic carbocycles. The zero-order valence-corrected chi connectivity index (χ0v) is 14.6. The fourth-order valence-corrected chi connectivity index (χ4v) is 2.98. The molecule has 1 aromatic heterocycles. The Bertz CT molecular complexity index is 818. The van der Waals surface area contributed by atoms with Crippen molar-refractivity contribution in [3.05, 3.63) is 36.5 Å². The maximum absolute atomic E-state index is 12.3. The highest BCUT2D eigenvalue weighted by Crippen LogP contribution is 2.28. The fraction of sp³-hybridized carbons (Fsp3) is 0.316. The van der Waals surface area contributed by atoms with Crippen LogP contribution in [0.5, 0.6) is 5.75 Å². The SMILES string of the molecule is C#CCNC(=O)[C@@H]1CCCN1c1nccc(Nc2ccccc2OC)n1. The van der Waals surface area contributed by atoms with Crippen molar-refractivity contribution in [1.82, 2.24) is 15.3 Å². The maximum Gasteiger partial charge on any atom is 0.243 e. The minimum absolute atomic E-state index is 0.0906. The Hall–Kier alpha value is -3.27. The van der Waals surface area contributed by atoms with E-state index in [9.17, 15) is 4.79 Å². The normalized spacial score (nSPS) is 16.0. The van der Waals surface area contributed by atoms with Crippen LogP contribution in [0.1, 0.15) is 12.8 Å². The Morgan fingerprint density at radius 2 is 2.27 bits per heavy atom. The zero-order chi connectivity index (χ0) is 18.4. The molecule has 1 aliphatic heterocycles. The van der Waals surface area contributed by atoms with Crippen molar-refractivity contribution in [2.24, 2.45) is 0 Å². The summed E-state index contributed by atoms with van der Waals surface area (Å²) in [5, 5.41) is 5.97. The summed E-state index contributed by atoms with van der Waals surface area (Å²) in [6, 6.07) is 9.07. The number of carbonyl (C=O) groups excluding carboxylic acids is 1. The van der Waals surface area contributed by atoms with E-state index < -0.39 is 0 Å². The number of methoxy groups -OCH3 is 1. The first kappa shape index (κ1) is 17.5. The van der Waals surface area contributed by atoms with Crippen molar-refractivity contribution < 1.29 is 9.53 Å². The van der Waals surface area contributed by atoms with E-state index in [2.05, 4.69) is 26.5 Å². The Morgan fingerprint density at radius 3 is 3.08 bits per heavy atom. The number of nitrogens with one attached hydrogen (secondary N) is 2. The Labute approximate surface area is 152 Å². The number of para-hydroxylation sites is 2. The number of ether oxygens (including phenoxy) is 1. The molecule has 1 saturated heterocycles. The molecule has 134 valence electrons. The van der Waals surface area contributed by atoms with Crippen LogP contribution in [0.4, 0.5) is 17.5 Å². The fourth-order valence-electron chi connectivity index (χ4n) is 2.98. The van der Waals surface area contributed by atoms with Crippen LogP contribution < -0.4 is 20.3 Å². The first-order valence-electron chi connectivity index (χ1n) is 8.44. The second kappa shape index (κ2) is 8.21. The minimum atomic E-state index is -0.301. The van der Waals surface area contributed by atoms with Gasteiger partial charge in [0.2, 0.25) is 11.9 Å². The van der Waals surface area contributed by atoms with Crippen LogP contribution in [0.25, 0.3) is 0 Å². The van der Waals surface area contributed by atoms with Crippen molar-refractivity contribution >= 4 is 23.4 Å². The van der Waals surface area contributed by atoms with Gasteiger partial charge < -0.3 is 20.3 Å². The zero-order valence-electron chi connectivity index (χ0n) is 14.6. The van der Waals surface area contributed by atoms with Gasteiger partial charge in [-0.1, -0.05) is 18.1 Å². The van der Waals surface area contributed by atoms with Crippen LogP contribution in [0.15, 0.2) is 36.5 Å². The van der Waals surface area contributed by atoms with Crippen molar-refractivity contribution in [1.29, 1.82) is 0 Å². The number of nitrogens with zero attached hydrogens (tertiary/aromatic N) is 3. The predicted octanol–water partition coefficient (Wildman–Crippen LogP) is 1.95. The van der Waals surface area contributed by atoms with Gasteiger partial charge in [-0.25, -0.2) is 4.98 Å². The quantitative estimate of drug-likeness (QED) is 0.775. The number of carbonyl (C=O) groups is 1. The van der Waals surface area contributed by atoms with Gasteiger partial charge in [0, 0.05) is 12.7 Å². The van der Waals surface area contributed by atoms with Gasteiger partial charge in [-0.3, -0.25) is 4.79 Å². The molecule has 0 saturated carbocycles. The Balaban J connectivity index is 1.78. The molecule has 1 fully saturated rings. The highest BCUT2D eigenvalue weighted by Gasteiger charge is 2.32. The molecule has 2 N–H and O–H groups in total. The van der Waals surface area contributed by atoms with E-state index in [0.29, 0.717) is 11.8 Å². The molecule has 26 heavy (non-hydrogen) atoms. The first-order valence-corrected chi connectivity index (χ1v) is 8.44. The summed E-state index contributed by atoms with van der Waals surface area (Å²) in [5.41, 5.74) is 0.810. The second-order valence-electron chi connectivity index (χ2n) is 5.84. The number of benzene rings is 1. The van der Waals surface area contributed by atoms with E-state index in [1.165, 1.54) is 0 Å². The molecule has 1 aliphatic rings. The highest BCUT2D eigenvalue weighted by molar-refractivity contribution is 5.85. The van der Waals surface area contributed by atoms with Gasteiger partial charge in [0.1, 0.15) is 17.6 Å². The van der Waals surface area contributed by atoms with Crippen LogP contribution >= 0.6 is 0 Å². The smallest absolute Gasteiger partial charge is 0.243 e. The number of anilines is 3. The molecule has 1 amide bonds. The summed E-state index contributed by atoms with van der Waals surface area (Å²) in [5.74, 6) is 4.20. The molecule has 1 atom stereocenters. The molecule has 0 radical (unpaired) electrons. The van der Waals surface area contributed by atoms with Crippen molar-refractivity contribution in [3.8, 4) is 18.1 Å². The molecular weight excluding hydrogens is 330 g/mol. The lowest BCUT2D eigenvalue weighted by Crippen LogP contribution is -2.44. The second-order valence-corrected chi connectivity index (χ2v) is 5.84. The van der Waals surface area contributed by atoms with E-state index in [0.717, 1.165) is 30.8 Å². The molecule has 2 aromatic rings. The number of rotatable bonds is 6. The summed E-state index contributed by atoms with van der Waals surface area (Å²) in [6.07, 6.45) is 8.55. The lowest BCUT2D eigenvalue weighted by Gasteiger charge is -2.23. The number of terminal acetylenes is 1. The molecule has 7 heteroatoms. The van der Waals surface area contributed by atoms with Crippen molar-refractivity contribution in [2.45, 2.75) is 18.9 Å². The Morgan fingerprint density at radius 1 is 1.42 bits per heavy atom. The lowest BCUT2D eigenvalue weighted by molar-refractivity contribution is -0.121. The molecule has 0 aliphatic carbocycles. The topological polar surface area (TPSA) is 79.4 Å². The summed E-state index contributed by atoms with van der Waals surface area (Å²) in [6.45, 7) is 0.950. The summed E-state index contributed by atoms with van der Waals surface area (Å²) < 4.78 is 5.35. The molecule has 2 heterocycles. The van der Waals surface area contributed by atoms with Crippen LogP contribution in [0, 0.1) is 12.3 Å². The van der Waals surface area contributed by atoms with Crippen LogP contribution in [0.2, 0.25) is 0 Å². The summed E-state index contributed by atoms with van der Waals surface area (Å²) in [7, 11) is 1.62. The third-order valence-electron chi connectivity index (χ3n) is 4.19. The Kier molecular flexibility index (Phi) is 5.54. The van der Waals surface area contributed by atoms with E-state index in [1.807, 2.05) is 29.2 Å². The lowest BCUT2D eigenvalue weighted by atomic mass is 10.2. The largest absolute Gasteiger partial charge is 0.495 e. The van der Waals surface area contributed by atoms with E-state index in [4.69, 9.17) is 11.2 Å². The van der Waals surface area contributed by atoms with E-state index in [1.54, 1.807) is 19.4 Å². The molecule has 7 nitrogen and oxygen atoms in total. The molecule has 3 rings (SSSR count). The first-order chi connectivity index (χ1) is 12.7. The average molecular weight is 351 g/mol. The van der Waals surface area contributed by atoms with Gasteiger partial charge in [-0.05, 0) is 31.0 Å². The minimum Gasteiger partial charge on any atom is -0.495 e. The van der Waals surface area contributed by atoms with Gasteiger partial charge in [-0.2, -0.15) is 4.98 Å². The molecule has 0 unspecified atom stereocenters. The standard InChI is InChI=1S/C19H21N5O2/c1-3-11-20-18(25)15-8-6-13-24(15)19-21-12-10-17(23-19)22-14-7-4-5-9-16(14)26-2/h1,4-5,7,9-10,12,15H,6,8,11,13H2,2H3,(H,20,25)(H,21,22,23)/t15-/m0/s1. The molecule has 0 bridgehead atoms. The van der Waals surface area contributed by atoms with Crippen molar-refractivity contribution in [2.75, 3.05) is 30.4 Å². The number of aromatic nitrogens is 2. The molecule has 0 spiro atoms. The van der Waals surface area contributed by atoms with Crippen LogP contribution in [0.3, 0.4) is 0 Å². The predicted molar refractivity (Wildman–Crippen MR) is 101 cm³/mol. The van der Waals surface area contributed by atoms with Crippen molar-refractivity contribution in [3.63, 3.8) is 0 Å². The van der Waals surface area contributed by atoms with Gasteiger partial charge in [0.05, 0.1) is 19.3 Å². The van der Waals surface area contributed by atoms with E-state index >= 15 is 0 Å². The summed E-state index contributed by atoms with van der Waals surface area (Å²) >= 11 is 0. The number of amides is 1. The average Bonchev–Trinajstić information content (AvgIpc) is 3.17. The van der Waals surface area contributed by atoms with Gasteiger partial charge in [0.15, 0.2) is 0 Å². The van der Waals surface area contributed by atoms with Crippen LogP contribution in [-0.4, -0.2) is 42.1 Å². The maximum atomic E-state index is 12.3. The van der Waals surface area contributed by atoms with Crippen LogP contribution in [-0.2, 0) is 4.79 Å². The monoisotopic (exact) mass is 351 g/mol. The highest BCUT2D eigenvalue weighted by atomic mass is 16.5. The van der Waals surface area contributed by atoms with E-state index in [-0.39, 0.29) is 18.5 Å². The van der Waals surface area contributed by atoms with Gasteiger partial charge in [0.25, 0.3) is 0 Å². The number of hydrogen-bond donors (Lipinski definition) is 2. The third-order valence-corrected chi connectivity index (χ3v) is 4.19. The summed E-state index contributed by atoms with van der Waals surface area (Å²) in [4.78, 5) is 23.1. The van der Waals surface area contributed by atoms with Gasteiger partial charge in [-0.15, -0.1) is 6.42 Å². The van der Waals surface area contributed by atoms with Gasteiger partial charge >= 0.3 is 0 Å².